The van der Waals surface area contributed by atoms with E-state index in [4.69, 9.17) is 16.3 Å². The molecular formula is C27H29ClN2O4S. The van der Waals surface area contributed by atoms with Crippen molar-refractivity contribution >= 4 is 33.2 Å². The van der Waals surface area contributed by atoms with Crippen molar-refractivity contribution in [3.63, 3.8) is 0 Å². The summed E-state index contributed by atoms with van der Waals surface area (Å²) in [5.74, 6) is 0.381. The predicted molar refractivity (Wildman–Crippen MR) is 139 cm³/mol. The molecule has 35 heavy (non-hydrogen) atoms. The third-order valence-electron chi connectivity index (χ3n) is 6.54. The highest BCUT2D eigenvalue weighted by Gasteiger charge is 2.39. The molecule has 0 spiro atoms. The second-order valence-corrected chi connectivity index (χ2v) is 10.9. The van der Waals surface area contributed by atoms with Gasteiger partial charge in [-0.1, -0.05) is 55.8 Å². The van der Waals surface area contributed by atoms with E-state index in [-0.39, 0.29) is 33.0 Å². The van der Waals surface area contributed by atoms with Gasteiger partial charge in [0.15, 0.2) is 0 Å². The van der Waals surface area contributed by atoms with Gasteiger partial charge in [-0.05, 0) is 61.7 Å². The lowest BCUT2D eigenvalue weighted by Crippen LogP contribution is -2.44. The van der Waals surface area contributed by atoms with E-state index in [1.165, 1.54) is 18.2 Å². The minimum atomic E-state index is -4.01. The molecule has 0 radical (unpaired) electrons. The van der Waals surface area contributed by atoms with Gasteiger partial charge in [0.25, 0.3) is 15.9 Å². The average molecular weight is 513 g/mol. The fourth-order valence-electron chi connectivity index (χ4n) is 4.44. The van der Waals surface area contributed by atoms with Gasteiger partial charge in [0.1, 0.15) is 16.2 Å². The first-order valence-electron chi connectivity index (χ1n) is 11.6. The second kappa shape index (κ2) is 9.91. The first-order valence-corrected chi connectivity index (χ1v) is 13.5. The minimum Gasteiger partial charge on any atom is -0.487 e. The Hall–Kier alpha value is -3.03. The number of para-hydroxylation sites is 1. The first-order chi connectivity index (χ1) is 16.7. The molecule has 1 aliphatic rings. The van der Waals surface area contributed by atoms with Crippen molar-refractivity contribution in [2.24, 2.45) is 0 Å². The van der Waals surface area contributed by atoms with E-state index in [0.29, 0.717) is 12.1 Å². The number of ether oxygens (including phenoxy) is 1. The van der Waals surface area contributed by atoms with E-state index in [9.17, 15) is 13.2 Å². The zero-order valence-electron chi connectivity index (χ0n) is 20.0. The molecule has 1 aliphatic heterocycles. The van der Waals surface area contributed by atoms with E-state index in [2.05, 4.69) is 23.9 Å². The van der Waals surface area contributed by atoms with Crippen molar-refractivity contribution in [1.29, 1.82) is 0 Å². The lowest BCUT2D eigenvalue weighted by atomic mass is 9.83. The van der Waals surface area contributed by atoms with Crippen molar-refractivity contribution in [3.05, 3.63) is 88.4 Å². The van der Waals surface area contributed by atoms with Gasteiger partial charge in [-0.15, -0.1) is 0 Å². The van der Waals surface area contributed by atoms with Gasteiger partial charge in [0.2, 0.25) is 0 Å². The van der Waals surface area contributed by atoms with Crippen molar-refractivity contribution in [2.45, 2.75) is 56.6 Å². The van der Waals surface area contributed by atoms with E-state index >= 15 is 0 Å². The Morgan fingerprint density at radius 2 is 1.80 bits per heavy atom. The summed E-state index contributed by atoms with van der Waals surface area (Å²) < 4.78 is 35.0. The molecule has 6 nitrogen and oxygen atoms in total. The van der Waals surface area contributed by atoms with E-state index < -0.39 is 10.0 Å². The van der Waals surface area contributed by atoms with Gasteiger partial charge >= 0.3 is 0 Å². The number of nitrogens with one attached hydrogen (secondary N) is 2. The van der Waals surface area contributed by atoms with Crippen LogP contribution in [0.2, 0.25) is 5.02 Å². The topological polar surface area (TPSA) is 84.5 Å². The number of hydrogen-bond acceptors (Lipinski definition) is 4. The minimum absolute atomic E-state index is 0.0362. The van der Waals surface area contributed by atoms with Crippen molar-refractivity contribution in [3.8, 4) is 5.75 Å². The first kappa shape index (κ1) is 25.1. The van der Waals surface area contributed by atoms with Crippen LogP contribution in [0.4, 0.5) is 5.69 Å². The number of amides is 1. The van der Waals surface area contributed by atoms with Crippen LogP contribution in [0.5, 0.6) is 5.75 Å². The lowest BCUT2D eigenvalue weighted by molar-refractivity contribution is 0.0227. The molecule has 0 saturated carbocycles. The van der Waals surface area contributed by atoms with E-state index in [1.54, 1.807) is 18.2 Å². The predicted octanol–water partition coefficient (Wildman–Crippen LogP) is 6.26. The molecule has 0 bridgehead atoms. The van der Waals surface area contributed by atoms with Crippen LogP contribution in [0.15, 0.2) is 71.6 Å². The molecule has 3 aromatic rings. The van der Waals surface area contributed by atoms with Crippen LogP contribution in [-0.2, 0) is 10.0 Å². The highest BCUT2D eigenvalue weighted by molar-refractivity contribution is 7.92. The number of fused-ring (bicyclic) bond motifs is 1. The summed E-state index contributed by atoms with van der Waals surface area (Å²) in [5, 5.41) is 3.13. The number of sulfonamides is 1. The standard InChI is InChI=1S/C27H29ClN2O4S/c1-4-27(5-2)17-23(21-11-6-7-12-24(21)34-27)29-26(31)19-13-14-22(28)25(16-19)35(32,33)30-20-10-8-9-18(3)15-20/h6-16,23,30H,4-5,17H2,1-3H3,(H,29,31)/t23-/m0/s1. The largest absolute Gasteiger partial charge is 0.487 e. The Bertz CT molecular complexity index is 1350. The van der Waals surface area contributed by atoms with Crippen LogP contribution >= 0.6 is 11.6 Å². The molecule has 0 unspecified atom stereocenters. The highest BCUT2D eigenvalue weighted by Crippen LogP contribution is 2.42. The SMILES string of the molecule is CCC1(CC)C[C@H](NC(=O)c2ccc(Cl)c(S(=O)(=O)Nc3cccc(C)c3)c2)c2ccccc2O1. The molecule has 8 heteroatoms. The molecule has 184 valence electrons. The summed E-state index contributed by atoms with van der Waals surface area (Å²) in [6.07, 6.45) is 2.23. The molecule has 1 heterocycles. The van der Waals surface area contributed by atoms with E-state index in [0.717, 1.165) is 29.7 Å². The van der Waals surface area contributed by atoms with Gasteiger partial charge in [-0.2, -0.15) is 0 Å². The number of carbonyl (C=O) groups excluding carboxylic acids is 1. The maximum Gasteiger partial charge on any atom is 0.263 e. The molecule has 0 fully saturated rings. The number of anilines is 1. The third kappa shape index (κ3) is 5.31. The van der Waals surface area contributed by atoms with Gasteiger partial charge in [-0.3, -0.25) is 9.52 Å². The van der Waals surface area contributed by atoms with Crippen molar-refractivity contribution < 1.29 is 17.9 Å². The molecule has 0 saturated heterocycles. The smallest absolute Gasteiger partial charge is 0.263 e. The van der Waals surface area contributed by atoms with Crippen LogP contribution in [0.1, 0.15) is 60.6 Å². The summed E-state index contributed by atoms with van der Waals surface area (Å²) in [6, 6.07) is 18.7. The number of hydrogen-bond donors (Lipinski definition) is 2. The average Bonchev–Trinajstić information content (AvgIpc) is 2.83. The van der Waals surface area contributed by atoms with Gasteiger partial charge in [0, 0.05) is 23.2 Å². The number of carbonyl (C=O) groups is 1. The highest BCUT2D eigenvalue weighted by atomic mass is 35.5. The number of benzene rings is 3. The second-order valence-electron chi connectivity index (χ2n) is 8.88. The molecular weight excluding hydrogens is 484 g/mol. The maximum atomic E-state index is 13.3. The summed E-state index contributed by atoms with van der Waals surface area (Å²) in [4.78, 5) is 13.1. The summed E-state index contributed by atoms with van der Waals surface area (Å²) in [7, 11) is -4.01. The third-order valence-corrected chi connectivity index (χ3v) is 8.41. The van der Waals surface area contributed by atoms with Crippen molar-refractivity contribution in [2.75, 3.05) is 4.72 Å². The maximum absolute atomic E-state index is 13.3. The Labute approximate surface area is 211 Å². The van der Waals surface area contributed by atoms with Crippen LogP contribution in [0.25, 0.3) is 0 Å². The van der Waals surface area contributed by atoms with Crippen LogP contribution < -0.4 is 14.8 Å². The molecule has 1 amide bonds. The molecule has 4 rings (SSSR count). The quantitative estimate of drug-likeness (QED) is 0.391. The Balaban J connectivity index is 1.62. The summed E-state index contributed by atoms with van der Waals surface area (Å²) in [6.45, 7) is 6.03. The monoisotopic (exact) mass is 512 g/mol. The Morgan fingerprint density at radius 1 is 1.06 bits per heavy atom. The Kier molecular flexibility index (Phi) is 7.10. The fraction of sp³-hybridized carbons (Fsp3) is 0.296. The van der Waals surface area contributed by atoms with Gasteiger partial charge in [0.05, 0.1) is 11.1 Å². The molecule has 0 aromatic heterocycles. The van der Waals surface area contributed by atoms with Crippen molar-refractivity contribution in [1.82, 2.24) is 5.32 Å². The van der Waals surface area contributed by atoms with E-state index in [1.807, 2.05) is 37.3 Å². The van der Waals surface area contributed by atoms with Crippen LogP contribution in [0.3, 0.4) is 0 Å². The lowest BCUT2D eigenvalue weighted by Gasteiger charge is -2.41. The van der Waals surface area contributed by atoms with Crippen LogP contribution in [-0.4, -0.2) is 19.9 Å². The number of aryl methyl sites for hydroxylation is 1. The molecule has 2 N–H and O–H groups in total. The number of rotatable bonds is 7. The Morgan fingerprint density at radius 3 is 2.51 bits per heavy atom. The zero-order chi connectivity index (χ0) is 25.2. The zero-order valence-corrected chi connectivity index (χ0v) is 21.5. The fourth-order valence-corrected chi connectivity index (χ4v) is 6.02. The molecule has 0 aliphatic carbocycles. The number of halogens is 1. The van der Waals surface area contributed by atoms with Crippen LogP contribution in [0, 0.1) is 6.92 Å². The van der Waals surface area contributed by atoms with Gasteiger partial charge < -0.3 is 10.1 Å². The summed E-state index contributed by atoms with van der Waals surface area (Å²) in [5.41, 5.74) is 2.07. The molecule has 1 atom stereocenters. The molecule has 3 aromatic carbocycles. The summed E-state index contributed by atoms with van der Waals surface area (Å²) >= 11 is 6.25. The van der Waals surface area contributed by atoms with Gasteiger partial charge in [-0.25, -0.2) is 8.42 Å². The normalized spacial score (nSPS) is 16.6.